The number of ether oxygens (including phenoxy) is 3. The zero-order valence-electron chi connectivity index (χ0n) is 28.7. The first-order valence-electron chi connectivity index (χ1n) is 16.1. The van der Waals surface area contributed by atoms with Crippen molar-refractivity contribution in [2.45, 2.75) is 25.7 Å². The lowest BCUT2D eigenvalue weighted by atomic mass is 9.90. The van der Waals surface area contributed by atoms with Gasteiger partial charge in [0.1, 0.15) is 22.8 Å². The average Bonchev–Trinajstić information content (AvgIpc) is 3.10. The predicted molar refractivity (Wildman–Crippen MR) is 207 cm³/mol. The minimum absolute atomic E-state index is 0.0944. The van der Waals surface area contributed by atoms with Gasteiger partial charge in [0, 0.05) is 32.4 Å². The van der Waals surface area contributed by atoms with Crippen LogP contribution in [0.15, 0.2) is 66.5 Å². The third kappa shape index (κ3) is 8.77. The zero-order chi connectivity index (χ0) is 38.6. The quantitative estimate of drug-likeness (QED) is 0.217. The van der Waals surface area contributed by atoms with Gasteiger partial charge in [0.15, 0.2) is 23.6 Å². The van der Waals surface area contributed by atoms with Gasteiger partial charge >= 0.3 is 5.97 Å². The van der Waals surface area contributed by atoms with Crippen molar-refractivity contribution in [2.24, 2.45) is 0 Å². The van der Waals surface area contributed by atoms with E-state index in [1.165, 1.54) is 13.2 Å². The number of halogens is 3. The summed E-state index contributed by atoms with van der Waals surface area (Å²) in [6, 6.07) is 10.9. The highest BCUT2D eigenvalue weighted by Crippen LogP contribution is 2.35. The van der Waals surface area contributed by atoms with Crippen LogP contribution < -0.4 is 14.2 Å². The summed E-state index contributed by atoms with van der Waals surface area (Å²) in [5.41, 5.74) is 5.43. The fourth-order valence-electron chi connectivity index (χ4n) is 5.85. The molecule has 11 nitrogen and oxygen atoms in total. The molecule has 14 heteroatoms. The molecule has 0 atom stereocenters. The van der Waals surface area contributed by atoms with Gasteiger partial charge in [0.05, 0.1) is 45.9 Å². The van der Waals surface area contributed by atoms with Crippen LogP contribution in [0.4, 0.5) is 0 Å². The summed E-state index contributed by atoms with van der Waals surface area (Å²) in [5, 5.41) is 8.88. The number of carboxylic acids is 1. The van der Waals surface area contributed by atoms with Gasteiger partial charge in [-0.1, -0.05) is 0 Å². The second-order valence-electron chi connectivity index (χ2n) is 12.1. The molecule has 3 aromatic rings. The van der Waals surface area contributed by atoms with E-state index in [1.807, 2.05) is 24.3 Å². The maximum atomic E-state index is 12.2. The van der Waals surface area contributed by atoms with Gasteiger partial charge in [-0.05, 0) is 142 Å². The second-order valence-corrected chi connectivity index (χ2v) is 14.7. The molecule has 0 aromatic heterocycles. The zero-order valence-corrected chi connectivity index (χ0v) is 33.5. The highest BCUT2D eigenvalue weighted by Gasteiger charge is 2.31. The van der Waals surface area contributed by atoms with E-state index in [9.17, 15) is 28.8 Å². The summed E-state index contributed by atoms with van der Waals surface area (Å²) in [4.78, 5) is 70.7. The van der Waals surface area contributed by atoms with E-state index in [0.29, 0.717) is 29.1 Å². The standard InChI is InChI=1S/C15H14BrNO3.C12H9BrO4.C12H9BrO3/c1-20-14-8-10-7-13(18)11(5-9(10)6-12(14)16)15(19)17-3-2-4-17;1-17-11-5-7-4-10(14)8(12(15)16)2-6(7)3-9(11)13;1-16-12-5-8-4-11(15)9(6-14)2-7(8)3-10(12)13/h5-6,8H,2-4,7H2,1H3;2-3,5H,4H2,1H3,(H,15,16);2-3,5-6H,4H2,1H3. The number of fused-ring (bicyclic) bond motifs is 3. The molecule has 0 radical (unpaired) electrons. The van der Waals surface area contributed by atoms with Crippen LogP contribution in [0.5, 0.6) is 17.2 Å². The van der Waals surface area contributed by atoms with Crippen molar-refractivity contribution in [3.05, 3.63) is 99.9 Å². The summed E-state index contributed by atoms with van der Waals surface area (Å²) in [6.45, 7) is 1.51. The number of carbonyl (C=O) groups is 6. The van der Waals surface area contributed by atoms with Crippen molar-refractivity contribution in [2.75, 3.05) is 34.4 Å². The Morgan fingerprint density at radius 2 is 1.04 bits per heavy atom. The minimum atomic E-state index is -1.19. The molecule has 1 fully saturated rings. The first-order chi connectivity index (χ1) is 25.3. The third-order valence-corrected chi connectivity index (χ3v) is 10.7. The smallest absolute Gasteiger partial charge is 0.339 e. The van der Waals surface area contributed by atoms with Gasteiger partial charge in [0.2, 0.25) is 0 Å². The van der Waals surface area contributed by atoms with Crippen LogP contribution in [0.2, 0.25) is 0 Å². The predicted octanol–water partition coefficient (Wildman–Crippen LogP) is 6.41. The Hall–Kier alpha value is -4.66. The summed E-state index contributed by atoms with van der Waals surface area (Å²) in [6.07, 6.45) is 6.93. The molecule has 1 heterocycles. The Morgan fingerprint density at radius 3 is 1.42 bits per heavy atom. The molecule has 1 aliphatic heterocycles. The lowest BCUT2D eigenvalue weighted by molar-refractivity contribution is -0.135. The monoisotopic (exact) mass is 911 g/mol. The average molecular weight is 914 g/mol. The van der Waals surface area contributed by atoms with Crippen molar-refractivity contribution in [3.8, 4) is 17.2 Å². The Balaban J connectivity index is 0.000000154. The maximum Gasteiger partial charge on any atom is 0.339 e. The van der Waals surface area contributed by atoms with Crippen LogP contribution >= 0.6 is 47.8 Å². The van der Waals surface area contributed by atoms with E-state index in [2.05, 4.69) is 47.8 Å². The number of ketones is 3. The van der Waals surface area contributed by atoms with Crippen LogP contribution in [0.3, 0.4) is 0 Å². The molecule has 274 valence electrons. The molecule has 1 saturated heterocycles. The van der Waals surface area contributed by atoms with Crippen LogP contribution in [-0.4, -0.2) is 79.9 Å². The highest BCUT2D eigenvalue weighted by atomic mass is 79.9. The second kappa shape index (κ2) is 17.0. The number of carbonyl (C=O) groups excluding carboxylic acids is 5. The molecule has 0 bridgehead atoms. The van der Waals surface area contributed by atoms with E-state index in [-0.39, 0.29) is 53.7 Å². The molecular weight excluding hydrogens is 882 g/mol. The molecule has 4 aliphatic rings. The molecule has 53 heavy (non-hydrogen) atoms. The number of hydrogen-bond acceptors (Lipinski definition) is 9. The van der Waals surface area contributed by atoms with Crippen LogP contribution in [0, 0.1) is 0 Å². The Labute approximate surface area is 330 Å². The van der Waals surface area contributed by atoms with Crippen molar-refractivity contribution in [1.29, 1.82) is 0 Å². The van der Waals surface area contributed by atoms with Crippen molar-refractivity contribution in [1.82, 2.24) is 4.90 Å². The lowest BCUT2D eigenvalue weighted by Crippen LogP contribution is -2.44. The Morgan fingerprint density at radius 1 is 0.642 bits per heavy atom. The normalized spacial score (nSPS) is 15.2. The van der Waals surface area contributed by atoms with Crippen molar-refractivity contribution >= 4 is 102 Å². The van der Waals surface area contributed by atoms with Crippen molar-refractivity contribution < 1.29 is 48.1 Å². The van der Waals surface area contributed by atoms with Crippen molar-refractivity contribution in [3.63, 3.8) is 0 Å². The van der Waals surface area contributed by atoms with E-state index < -0.39 is 5.97 Å². The first kappa shape index (κ1) is 39.5. The number of methoxy groups -OCH3 is 3. The number of hydrogen-bond donors (Lipinski definition) is 1. The molecular formula is C39H32Br3NO10. The summed E-state index contributed by atoms with van der Waals surface area (Å²) < 4.78 is 17.9. The summed E-state index contributed by atoms with van der Waals surface area (Å²) in [5.74, 6) is 0.0483. The van der Waals surface area contributed by atoms with E-state index in [0.717, 1.165) is 66.3 Å². The Bertz CT molecular complexity index is 2160. The molecule has 7 rings (SSSR count). The number of nitrogens with zero attached hydrogens (tertiary/aromatic N) is 1. The van der Waals surface area contributed by atoms with Crippen LogP contribution in [0.25, 0.3) is 18.2 Å². The number of allylic oxidation sites excluding steroid dienone is 1. The van der Waals surface area contributed by atoms with E-state index in [1.54, 1.807) is 43.4 Å². The van der Waals surface area contributed by atoms with Gasteiger partial charge in [-0.15, -0.1) is 0 Å². The topological polar surface area (TPSA) is 154 Å². The van der Waals surface area contributed by atoms with Gasteiger partial charge in [-0.3, -0.25) is 24.0 Å². The number of Topliss-reactive ketones (excluding diaryl/α,β-unsaturated/α-hetero) is 3. The fraction of sp³-hybridized carbons (Fsp3) is 0.231. The number of carboxylic acid groups (broad SMARTS) is 1. The molecule has 3 aromatic carbocycles. The summed E-state index contributed by atoms with van der Waals surface area (Å²) in [7, 11) is 4.70. The van der Waals surface area contributed by atoms with Gasteiger partial charge < -0.3 is 24.2 Å². The number of aliphatic carboxylic acids is 1. The number of rotatable bonds is 6. The number of amides is 1. The minimum Gasteiger partial charge on any atom is -0.496 e. The fourth-order valence-corrected chi connectivity index (χ4v) is 7.42. The van der Waals surface area contributed by atoms with E-state index >= 15 is 0 Å². The third-order valence-electron chi connectivity index (χ3n) is 8.86. The number of benzene rings is 3. The molecule has 1 N–H and O–H groups in total. The number of likely N-dealkylation sites (tertiary alicyclic amines) is 1. The van der Waals surface area contributed by atoms with Gasteiger partial charge in [-0.2, -0.15) is 0 Å². The van der Waals surface area contributed by atoms with Gasteiger partial charge in [-0.25, -0.2) is 4.79 Å². The Kier molecular flexibility index (Phi) is 12.7. The largest absolute Gasteiger partial charge is 0.496 e. The lowest BCUT2D eigenvalue weighted by Gasteiger charge is -2.32. The highest BCUT2D eigenvalue weighted by molar-refractivity contribution is 9.11. The number of aldehydes is 1. The maximum absolute atomic E-state index is 12.2. The summed E-state index contributed by atoms with van der Waals surface area (Å²) >= 11 is 10.1. The van der Waals surface area contributed by atoms with Crippen LogP contribution in [0.1, 0.15) is 39.8 Å². The molecule has 3 aliphatic carbocycles. The molecule has 0 unspecified atom stereocenters. The first-order valence-corrected chi connectivity index (χ1v) is 18.5. The van der Waals surface area contributed by atoms with Gasteiger partial charge in [0.25, 0.3) is 5.91 Å². The molecule has 0 saturated carbocycles. The van der Waals surface area contributed by atoms with E-state index in [4.69, 9.17) is 19.3 Å². The molecule has 0 spiro atoms. The SMILES string of the molecule is COc1cc2c(cc1Br)C=C(C(=O)N1CCC1)C(=O)C2.COc1cc2c(cc1Br)C=C(C(=O)O)C(=O)C2.COc1cc2c(cc1Br)C=C(C=O)C(=O)C2. The van der Waals surface area contributed by atoms with Crippen LogP contribution in [-0.2, 0) is 48.0 Å². The molecule has 1 amide bonds.